The van der Waals surface area contributed by atoms with E-state index in [1.807, 2.05) is 0 Å². The van der Waals surface area contributed by atoms with Gasteiger partial charge in [-0.05, 0) is 0 Å². The van der Waals surface area contributed by atoms with Crippen molar-refractivity contribution in [2.45, 2.75) is 0 Å². The molecule has 0 aromatic carbocycles. The number of hydrogen-bond donors (Lipinski definition) is 0. The second-order valence-corrected chi connectivity index (χ2v) is 0. The summed E-state index contributed by atoms with van der Waals surface area (Å²) in [5, 5.41) is 0. The Hall–Kier alpha value is 1.01. The van der Waals surface area contributed by atoms with Crippen LogP contribution in [-0.4, -0.2) is 0 Å². The monoisotopic (exact) mass is 210 g/mol. The Labute approximate surface area is 71.8 Å². The zero-order valence-electron chi connectivity index (χ0n) is 3.27. The molecule has 0 aliphatic carbocycles. The van der Waals surface area contributed by atoms with Crippen LogP contribution in [-0.2, 0) is 43.4 Å². The fourth-order valence-corrected chi connectivity index (χ4v) is 0. The van der Waals surface area contributed by atoms with Gasteiger partial charge in [0.05, 0.1) is 0 Å². The molecule has 0 bridgehead atoms. The van der Waals surface area contributed by atoms with Gasteiger partial charge in [0.1, 0.15) is 0 Å². The van der Waals surface area contributed by atoms with Crippen LogP contribution in [0, 0.1) is 0 Å². The summed E-state index contributed by atoms with van der Waals surface area (Å²) in [7, 11) is 0. The third-order valence-electron chi connectivity index (χ3n) is 0. The normalized spacial score (nSPS) is 0. The van der Waals surface area contributed by atoms with Gasteiger partial charge in [-0.1, -0.05) is 0 Å². The average Bonchev–Trinajstić information content (AvgIpc) is 0. The quantitative estimate of drug-likeness (QED) is 0.275. The summed E-state index contributed by atoms with van der Waals surface area (Å²) in [6.45, 7) is 0. The third kappa shape index (κ3) is 249. The molecule has 0 aliphatic heterocycles. The summed E-state index contributed by atoms with van der Waals surface area (Å²) in [5.41, 5.74) is 0. The summed E-state index contributed by atoms with van der Waals surface area (Å²) in [6.07, 6.45) is 0. The van der Waals surface area contributed by atoms with Gasteiger partial charge in [-0.3, -0.25) is 0 Å². The van der Waals surface area contributed by atoms with E-state index < -0.39 is 0 Å². The predicted octanol–water partition coefficient (Wildman–Crippen LogP) is -18.0. The Morgan fingerprint density at radius 1 is 0.250 bits per heavy atom. The molecule has 0 unspecified atom stereocenters. The Morgan fingerprint density at radius 3 is 0.250 bits per heavy atom. The van der Waals surface area contributed by atoms with E-state index >= 15 is 0 Å². The minimum atomic E-state index is 0. The number of halogens is 6. The molecule has 0 radical (unpaired) electrons. The van der Waals surface area contributed by atoms with Gasteiger partial charge in [0.25, 0.3) is 0 Å². The Kier molecular flexibility index (Phi) is 27500. The summed E-state index contributed by atoms with van der Waals surface area (Å²) in [5.74, 6) is 0. The predicted molar refractivity (Wildman–Crippen MR) is 0 cm³/mol. The van der Waals surface area contributed by atoms with Crippen LogP contribution in [0.5, 0.6) is 0 Å². The van der Waals surface area contributed by atoms with E-state index in [9.17, 15) is 0 Å². The molecule has 0 nitrogen and oxygen atoms in total. The van der Waals surface area contributed by atoms with Gasteiger partial charge in [0, 0.05) is 0 Å². The van der Waals surface area contributed by atoms with Crippen LogP contribution in [0.3, 0.4) is 0 Å². The first-order valence-electron chi connectivity index (χ1n) is 0. The van der Waals surface area contributed by atoms with Crippen molar-refractivity contribution in [2.24, 2.45) is 0 Å². The molecular weight excluding hydrogens is 210 g/mol. The Bertz CT molecular complexity index is 6.49. The molecule has 0 atom stereocenters. The van der Waals surface area contributed by atoms with Crippen molar-refractivity contribution in [1.82, 2.24) is 0 Å². The van der Waals surface area contributed by atoms with Crippen LogP contribution in [0.4, 0.5) is 0 Å². The summed E-state index contributed by atoms with van der Waals surface area (Å²) < 4.78 is 0. The first-order chi connectivity index (χ1) is 0. The van der Waals surface area contributed by atoms with Gasteiger partial charge in [-0.15, -0.1) is 0 Å². The molecular formula is F6Ti2+2. The Balaban J connectivity index is 0. The fourth-order valence-electron chi connectivity index (χ4n) is 0. The molecule has 0 amide bonds. The van der Waals surface area contributed by atoms with Crippen LogP contribution >= 0.6 is 0 Å². The van der Waals surface area contributed by atoms with Crippen molar-refractivity contribution < 1.29 is 71.7 Å². The first kappa shape index (κ1) is 568. The molecule has 0 spiro atoms. The maximum Gasteiger partial charge on any atom is 4.00 e. The molecule has 0 aliphatic rings. The van der Waals surface area contributed by atoms with Crippen LogP contribution in [0.1, 0.15) is 0 Å². The molecule has 8 heteroatoms. The smallest absolute Gasteiger partial charge is 1.00 e. The van der Waals surface area contributed by atoms with Crippen molar-refractivity contribution in [2.75, 3.05) is 0 Å². The Morgan fingerprint density at radius 2 is 0.250 bits per heavy atom. The van der Waals surface area contributed by atoms with Crippen molar-refractivity contribution >= 4 is 0 Å². The maximum absolute atomic E-state index is 0. The van der Waals surface area contributed by atoms with Crippen molar-refractivity contribution in [1.29, 1.82) is 0 Å². The molecule has 0 aromatic heterocycles. The molecule has 0 heterocycles. The number of rotatable bonds is 0. The van der Waals surface area contributed by atoms with Gasteiger partial charge >= 0.3 is 43.4 Å². The van der Waals surface area contributed by atoms with E-state index in [2.05, 4.69) is 0 Å². The van der Waals surface area contributed by atoms with Gasteiger partial charge in [0.2, 0.25) is 0 Å². The standard InChI is InChI=1S/6FH.2Ti/h6*1H;;/q;;;;;;2*+4/p-6. The molecule has 0 saturated heterocycles. The largest absolute Gasteiger partial charge is 4.00 e. The SMILES string of the molecule is [F-].[F-].[F-].[F-].[F-].[F-].[Ti+4].[Ti+4]. The van der Waals surface area contributed by atoms with Crippen molar-refractivity contribution in [3.63, 3.8) is 0 Å². The van der Waals surface area contributed by atoms with E-state index in [1.54, 1.807) is 0 Å². The zero-order chi connectivity index (χ0) is 0. The summed E-state index contributed by atoms with van der Waals surface area (Å²) in [4.78, 5) is 0. The minimum Gasteiger partial charge on any atom is -1.00 e. The van der Waals surface area contributed by atoms with Crippen LogP contribution in [0.15, 0.2) is 0 Å². The second-order valence-electron chi connectivity index (χ2n) is 0. The molecule has 0 aromatic rings. The average molecular weight is 210 g/mol. The van der Waals surface area contributed by atoms with E-state index in [-0.39, 0.29) is 71.7 Å². The van der Waals surface area contributed by atoms with E-state index in [1.165, 1.54) is 0 Å². The van der Waals surface area contributed by atoms with Gasteiger partial charge in [-0.2, -0.15) is 0 Å². The van der Waals surface area contributed by atoms with Crippen molar-refractivity contribution in [3.8, 4) is 0 Å². The molecule has 0 fully saturated rings. The van der Waals surface area contributed by atoms with E-state index in [0.717, 1.165) is 0 Å². The zero-order valence-corrected chi connectivity index (χ0v) is 6.39. The van der Waals surface area contributed by atoms with Crippen LogP contribution in [0.25, 0.3) is 0 Å². The molecule has 0 saturated carbocycles. The van der Waals surface area contributed by atoms with Crippen LogP contribution in [0.2, 0.25) is 0 Å². The van der Waals surface area contributed by atoms with Gasteiger partial charge in [0.15, 0.2) is 0 Å². The molecule has 0 N–H and O–H groups in total. The maximum atomic E-state index is 0. The molecule has 8 heavy (non-hydrogen) atoms. The summed E-state index contributed by atoms with van der Waals surface area (Å²) in [6, 6.07) is 0. The van der Waals surface area contributed by atoms with E-state index in [4.69, 9.17) is 0 Å². The van der Waals surface area contributed by atoms with Crippen molar-refractivity contribution in [3.05, 3.63) is 0 Å². The van der Waals surface area contributed by atoms with Crippen LogP contribution < -0.4 is 28.2 Å². The molecule has 0 rings (SSSR count). The van der Waals surface area contributed by atoms with Gasteiger partial charge < -0.3 is 28.2 Å². The third-order valence-corrected chi connectivity index (χ3v) is 0. The number of hydrogen-bond acceptors (Lipinski definition) is 0. The topological polar surface area (TPSA) is 0 Å². The van der Waals surface area contributed by atoms with Gasteiger partial charge in [-0.25, -0.2) is 0 Å². The fraction of sp³-hybridized carbons (Fsp3) is 0. The molecule has 48 valence electrons. The second kappa shape index (κ2) is 387. The minimum absolute atomic E-state index is 0. The van der Waals surface area contributed by atoms with E-state index in [0.29, 0.717) is 0 Å². The summed E-state index contributed by atoms with van der Waals surface area (Å²) >= 11 is 0. The first-order valence-corrected chi connectivity index (χ1v) is 0.